The smallest absolute Gasteiger partial charge is 0.192 e. The van der Waals surface area contributed by atoms with Crippen LogP contribution in [0.1, 0.15) is 74.7 Å². The van der Waals surface area contributed by atoms with Gasteiger partial charge in [0.05, 0.1) is 6.61 Å². The summed E-state index contributed by atoms with van der Waals surface area (Å²) in [6, 6.07) is 0. The number of ether oxygens (including phenoxy) is 2. The first-order valence-electron chi connectivity index (χ1n) is 12.0. The summed E-state index contributed by atoms with van der Waals surface area (Å²) in [5.74, 6) is 0.544. The molecule has 0 aromatic carbocycles. The van der Waals surface area contributed by atoms with E-state index >= 15 is 0 Å². The van der Waals surface area contributed by atoms with Crippen molar-refractivity contribution in [3.05, 3.63) is 11.6 Å². The predicted molar refractivity (Wildman–Crippen MR) is 140 cm³/mol. The quantitative estimate of drug-likeness (QED) is 0.111. The Morgan fingerprint density at radius 1 is 0.935 bits per heavy atom. The normalized spacial score (nSPS) is 16.5. The molecule has 0 saturated carbocycles. The maximum Gasteiger partial charge on any atom is 0.192 e. The van der Waals surface area contributed by atoms with E-state index in [2.05, 4.69) is 87.7 Å². The monoisotopic (exact) mass is 474 g/mol. The minimum atomic E-state index is -1.83. The van der Waals surface area contributed by atoms with Crippen LogP contribution >= 0.6 is 0 Å². The average Bonchev–Trinajstić information content (AvgIpc) is 2.56. The fraction of sp³-hybridized carbons (Fsp3) is 0.920. The first-order valence-corrected chi connectivity index (χ1v) is 17.8. The summed E-state index contributed by atoms with van der Waals surface area (Å²) in [5, 5.41) is 0.447. The fourth-order valence-electron chi connectivity index (χ4n) is 2.81. The Hall–Kier alpha value is 0.0138. The number of hydrogen-bond donors (Lipinski definition) is 0. The Kier molecular flexibility index (Phi) is 13.0. The Morgan fingerprint density at radius 3 is 1.97 bits per heavy atom. The summed E-state index contributed by atoms with van der Waals surface area (Å²) in [5.41, 5.74) is 1.37. The van der Waals surface area contributed by atoms with E-state index < -0.39 is 16.6 Å². The van der Waals surface area contributed by atoms with Crippen molar-refractivity contribution in [2.24, 2.45) is 5.92 Å². The third-order valence-corrected chi connectivity index (χ3v) is 16.2. The summed E-state index contributed by atoms with van der Waals surface area (Å²) in [6.45, 7) is 29.5. The molecule has 0 aliphatic heterocycles. The minimum absolute atomic E-state index is 0.207. The van der Waals surface area contributed by atoms with Crippen LogP contribution < -0.4 is 0 Å². The average molecular weight is 475 g/mol. The molecular weight excluding hydrogens is 420 g/mol. The van der Waals surface area contributed by atoms with Gasteiger partial charge in [0.2, 0.25) is 0 Å². The van der Waals surface area contributed by atoms with Crippen molar-refractivity contribution in [2.75, 3.05) is 27.1 Å². The molecule has 6 heteroatoms. The van der Waals surface area contributed by atoms with Gasteiger partial charge in [0, 0.05) is 19.8 Å². The minimum Gasteiger partial charge on any atom is -0.414 e. The van der Waals surface area contributed by atoms with Crippen molar-refractivity contribution in [1.29, 1.82) is 0 Å². The van der Waals surface area contributed by atoms with Crippen LogP contribution in [0.15, 0.2) is 11.6 Å². The SMILES string of the molecule is COCOCC[C@H](C)CC(C/C(C)=C\CO[Si](C)(C)C(C)(C)C)O[Si](C)(C)C(C)(C)C. The molecule has 31 heavy (non-hydrogen) atoms. The lowest BCUT2D eigenvalue weighted by molar-refractivity contribution is -0.0350. The standard InChI is InChI=1S/C25H54O4Si2/c1-21(14-16-27-20-26-9)18-23(29-31(12,13)25(6,7)8)19-22(2)15-17-28-30(10,11)24(3,4)5/h15,21,23H,14,16-20H2,1-13H3/b22-15-/t21-,23?/m0/s1. The fourth-order valence-corrected chi connectivity index (χ4v) is 5.11. The third-order valence-electron chi connectivity index (χ3n) is 7.12. The van der Waals surface area contributed by atoms with Crippen molar-refractivity contribution < 1.29 is 18.3 Å². The Morgan fingerprint density at radius 2 is 1.48 bits per heavy atom. The number of methoxy groups -OCH3 is 1. The molecule has 0 spiro atoms. The highest BCUT2D eigenvalue weighted by molar-refractivity contribution is 6.74. The molecule has 0 aromatic rings. The van der Waals surface area contributed by atoms with Crippen LogP contribution in [0.4, 0.5) is 0 Å². The van der Waals surface area contributed by atoms with E-state index in [1.54, 1.807) is 7.11 Å². The highest BCUT2D eigenvalue weighted by Crippen LogP contribution is 2.39. The van der Waals surface area contributed by atoms with Crippen molar-refractivity contribution in [3.8, 4) is 0 Å². The van der Waals surface area contributed by atoms with Gasteiger partial charge < -0.3 is 18.3 Å². The molecular formula is C25H54O4Si2. The largest absolute Gasteiger partial charge is 0.414 e. The molecule has 0 saturated heterocycles. The first-order chi connectivity index (χ1) is 13.9. The van der Waals surface area contributed by atoms with Crippen molar-refractivity contribution in [3.63, 3.8) is 0 Å². The molecule has 0 aliphatic carbocycles. The van der Waals surface area contributed by atoms with Crippen LogP contribution in [0.2, 0.25) is 36.3 Å². The predicted octanol–water partition coefficient (Wildman–Crippen LogP) is 7.77. The van der Waals surface area contributed by atoms with Crippen molar-refractivity contribution in [2.45, 2.75) is 117 Å². The third kappa shape index (κ3) is 12.2. The molecule has 0 N–H and O–H groups in total. The summed E-state index contributed by atoms with van der Waals surface area (Å²) in [6.07, 6.45) is 5.56. The summed E-state index contributed by atoms with van der Waals surface area (Å²) >= 11 is 0. The lowest BCUT2D eigenvalue weighted by Gasteiger charge is -2.40. The molecule has 4 nitrogen and oxygen atoms in total. The molecule has 0 bridgehead atoms. The van der Waals surface area contributed by atoms with Crippen LogP contribution in [0.3, 0.4) is 0 Å². The van der Waals surface area contributed by atoms with E-state index in [4.69, 9.17) is 18.3 Å². The van der Waals surface area contributed by atoms with Gasteiger partial charge in [0.15, 0.2) is 16.6 Å². The highest BCUT2D eigenvalue weighted by atomic mass is 28.4. The molecule has 0 fully saturated rings. The van der Waals surface area contributed by atoms with E-state index in [1.807, 2.05) is 0 Å². The van der Waals surface area contributed by atoms with Crippen LogP contribution in [0.25, 0.3) is 0 Å². The molecule has 0 heterocycles. The maximum absolute atomic E-state index is 6.87. The maximum atomic E-state index is 6.87. The van der Waals surface area contributed by atoms with E-state index in [1.165, 1.54) is 5.57 Å². The molecule has 0 rings (SSSR count). The van der Waals surface area contributed by atoms with Crippen LogP contribution in [0, 0.1) is 5.92 Å². The topological polar surface area (TPSA) is 36.9 Å². The molecule has 0 aromatic heterocycles. The molecule has 1 unspecified atom stereocenters. The zero-order valence-corrected chi connectivity index (χ0v) is 25.1. The van der Waals surface area contributed by atoms with Gasteiger partial charge in [-0.25, -0.2) is 0 Å². The van der Waals surface area contributed by atoms with Gasteiger partial charge in [0.1, 0.15) is 6.79 Å². The lowest BCUT2D eigenvalue weighted by Crippen LogP contribution is -2.44. The van der Waals surface area contributed by atoms with Crippen LogP contribution in [-0.4, -0.2) is 49.9 Å². The molecule has 0 radical (unpaired) electrons. The van der Waals surface area contributed by atoms with Gasteiger partial charge in [-0.15, -0.1) is 0 Å². The Balaban J connectivity index is 5.11. The molecule has 0 amide bonds. The van der Waals surface area contributed by atoms with Gasteiger partial charge >= 0.3 is 0 Å². The van der Waals surface area contributed by atoms with Gasteiger partial charge in [-0.3, -0.25) is 0 Å². The van der Waals surface area contributed by atoms with Gasteiger partial charge in [-0.2, -0.15) is 0 Å². The highest BCUT2D eigenvalue weighted by Gasteiger charge is 2.39. The molecule has 186 valence electrons. The van der Waals surface area contributed by atoms with Crippen LogP contribution in [-0.2, 0) is 18.3 Å². The van der Waals surface area contributed by atoms with E-state index in [0.29, 0.717) is 19.3 Å². The lowest BCUT2D eigenvalue weighted by atomic mass is 9.96. The van der Waals surface area contributed by atoms with E-state index in [0.717, 1.165) is 25.9 Å². The number of rotatable bonds is 14. The summed E-state index contributed by atoms with van der Waals surface area (Å²) in [4.78, 5) is 0. The van der Waals surface area contributed by atoms with Crippen molar-refractivity contribution >= 4 is 16.6 Å². The Labute approximate surface area is 196 Å². The second-order valence-corrected chi connectivity index (χ2v) is 21.8. The first kappa shape index (κ1) is 31.0. The van der Waals surface area contributed by atoms with Gasteiger partial charge in [-0.05, 0) is 68.4 Å². The summed E-state index contributed by atoms with van der Waals surface area (Å²) in [7, 11) is -1.89. The van der Waals surface area contributed by atoms with E-state index in [-0.39, 0.29) is 16.2 Å². The van der Waals surface area contributed by atoms with Gasteiger partial charge in [0.25, 0.3) is 0 Å². The van der Waals surface area contributed by atoms with Gasteiger partial charge in [-0.1, -0.05) is 60.1 Å². The van der Waals surface area contributed by atoms with Crippen molar-refractivity contribution in [1.82, 2.24) is 0 Å². The van der Waals surface area contributed by atoms with E-state index in [9.17, 15) is 0 Å². The number of hydrogen-bond acceptors (Lipinski definition) is 4. The zero-order valence-electron chi connectivity index (χ0n) is 23.1. The van der Waals surface area contributed by atoms with Crippen LogP contribution in [0.5, 0.6) is 0 Å². The summed E-state index contributed by atoms with van der Waals surface area (Å²) < 4.78 is 23.7. The molecule has 2 atom stereocenters. The molecule has 0 aliphatic rings. The zero-order chi connectivity index (χ0) is 24.5. The second kappa shape index (κ2) is 13.0. The Bertz CT molecular complexity index is 531. The second-order valence-electron chi connectivity index (χ2n) is 12.3.